The molecule has 1 aliphatic rings. The summed E-state index contributed by atoms with van der Waals surface area (Å²) in [6, 6.07) is 5.87. The minimum absolute atomic E-state index is 0.118. The Bertz CT molecular complexity index is 1490. The number of hydrogen-bond donors (Lipinski definition) is 3. The van der Waals surface area contributed by atoms with Crippen LogP contribution in [-0.4, -0.2) is 35.9 Å². The fourth-order valence-corrected chi connectivity index (χ4v) is 5.54. The zero-order valence-electron chi connectivity index (χ0n) is 18.7. The number of amides is 1. The first-order valence-corrected chi connectivity index (χ1v) is 12.9. The Hall–Kier alpha value is -3.38. The number of aromatic nitrogens is 1. The Balaban J connectivity index is 1.82. The summed E-state index contributed by atoms with van der Waals surface area (Å²) in [5, 5.41) is 15.5. The molecule has 3 aromatic rings. The van der Waals surface area contributed by atoms with Crippen molar-refractivity contribution < 1.29 is 23.1 Å². The molecule has 1 amide bonds. The molecule has 34 heavy (non-hydrogen) atoms. The molecule has 0 radical (unpaired) electrons. The highest BCUT2D eigenvalue weighted by Crippen LogP contribution is 2.36. The second kappa shape index (κ2) is 8.76. The third-order valence-corrected chi connectivity index (χ3v) is 7.65. The largest absolute Gasteiger partial charge is 0.505 e. The molecule has 1 atom stereocenters. The second-order valence-corrected chi connectivity index (χ2v) is 10.8. The fraction of sp³-hybridized carbons (Fsp3) is 0.318. The molecule has 0 saturated carbocycles. The van der Waals surface area contributed by atoms with E-state index in [4.69, 9.17) is 10.5 Å². The van der Waals surface area contributed by atoms with Crippen molar-refractivity contribution in [3.05, 3.63) is 45.6 Å². The topological polar surface area (TPSA) is 153 Å². The van der Waals surface area contributed by atoms with Gasteiger partial charge in [0.15, 0.2) is 17.7 Å². The number of nitrogens with zero attached hydrogens (tertiary/aromatic N) is 2. The summed E-state index contributed by atoms with van der Waals surface area (Å²) < 4.78 is 37.2. The Labute approximate surface area is 199 Å². The van der Waals surface area contributed by atoms with E-state index < -0.39 is 27.6 Å². The maximum atomic E-state index is 13.4. The molecule has 0 aliphatic carbocycles. The van der Waals surface area contributed by atoms with E-state index in [-0.39, 0.29) is 33.5 Å². The van der Waals surface area contributed by atoms with E-state index in [1.54, 1.807) is 11.4 Å². The first-order valence-electron chi connectivity index (χ1n) is 10.5. The Kier molecular flexibility index (Phi) is 6.13. The molecule has 0 spiro atoms. The van der Waals surface area contributed by atoms with Crippen LogP contribution in [0.2, 0.25) is 0 Å². The smallest absolute Gasteiger partial charge is 0.286 e. The zero-order valence-corrected chi connectivity index (χ0v) is 20.4. The van der Waals surface area contributed by atoms with Crippen molar-refractivity contribution in [3.8, 4) is 11.5 Å². The number of sulfonamides is 1. The summed E-state index contributed by atoms with van der Waals surface area (Å²) in [6.45, 7) is 5.93. The number of primary amides is 1. The number of nitrogens with two attached hydrogens (primary N) is 1. The predicted octanol–water partition coefficient (Wildman–Crippen LogP) is 2.63. The summed E-state index contributed by atoms with van der Waals surface area (Å²) >= 11 is 1.25. The first-order chi connectivity index (χ1) is 16.0. The van der Waals surface area contributed by atoms with E-state index in [0.717, 1.165) is 6.42 Å². The van der Waals surface area contributed by atoms with Gasteiger partial charge in [-0.25, -0.2) is 0 Å². The van der Waals surface area contributed by atoms with Crippen LogP contribution in [0.5, 0.6) is 11.5 Å². The number of aromatic hydroxyl groups is 1. The summed E-state index contributed by atoms with van der Waals surface area (Å²) in [7, 11) is -4.26. The summed E-state index contributed by atoms with van der Waals surface area (Å²) in [5.74, 6) is -0.831. The monoisotopic (exact) mass is 504 g/mol. The van der Waals surface area contributed by atoms with Crippen LogP contribution in [-0.2, 0) is 21.4 Å². The number of amidine groups is 1. The lowest BCUT2D eigenvalue weighted by Gasteiger charge is -2.21. The molecule has 4 N–H and O–H groups in total. The average Bonchev–Trinajstić information content (AvgIpc) is 3.23. The van der Waals surface area contributed by atoms with Crippen LogP contribution >= 0.6 is 11.3 Å². The normalized spacial score (nSPS) is 15.5. The number of anilines is 1. The van der Waals surface area contributed by atoms with Gasteiger partial charge >= 0.3 is 0 Å². The molecule has 0 bridgehead atoms. The van der Waals surface area contributed by atoms with E-state index in [2.05, 4.69) is 9.71 Å². The number of benzene rings is 1. The van der Waals surface area contributed by atoms with Gasteiger partial charge in [-0.2, -0.15) is 8.42 Å². The molecule has 0 fully saturated rings. The lowest BCUT2D eigenvalue weighted by Crippen LogP contribution is -2.33. The minimum atomic E-state index is -4.26. The molecule has 2 aromatic heterocycles. The second-order valence-electron chi connectivity index (χ2n) is 8.36. The molecule has 0 unspecified atom stereocenters. The van der Waals surface area contributed by atoms with E-state index in [0.29, 0.717) is 22.7 Å². The number of carbonyl (C=O) groups excluding carboxylic acids is 1. The number of hydrogen-bond acceptors (Lipinski definition) is 8. The third-order valence-electron chi connectivity index (χ3n) is 5.42. The summed E-state index contributed by atoms with van der Waals surface area (Å²) in [6.07, 6.45) is -0.238. The van der Waals surface area contributed by atoms with Gasteiger partial charge in [0.2, 0.25) is 0 Å². The predicted molar refractivity (Wildman–Crippen MR) is 130 cm³/mol. The zero-order chi connectivity index (χ0) is 24.8. The van der Waals surface area contributed by atoms with Crippen molar-refractivity contribution in [2.24, 2.45) is 16.0 Å². The number of ether oxygens (including phenoxy) is 1. The Morgan fingerprint density at radius 3 is 2.71 bits per heavy atom. The Morgan fingerprint density at radius 1 is 1.29 bits per heavy atom. The summed E-state index contributed by atoms with van der Waals surface area (Å²) in [5.41, 5.74) is 5.19. The van der Waals surface area contributed by atoms with E-state index >= 15 is 0 Å². The number of thiophene rings is 1. The van der Waals surface area contributed by atoms with Gasteiger partial charge in [0, 0.05) is 12.6 Å². The number of pyridine rings is 1. The highest BCUT2D eigenvalue weighted by atomic mass is 32.2. The van der Waals surface area contributed by atoms with Crippen molar-refractivity contribution in [1.82, 2.24) is 4.57 Å². The molecular formula is C22H24N4O6S2. The molecular weight excluding hydrogens is 480 g/mol. The van der Waals surface area contributed by atoms with E-state index in [1.807, 2.05) is 13.8 Å². The fourth-order valence-electron chi connectivity index (χ4n) is 3.56. The number of nitrogens with one attached hydrogen (secondary N) is 1. The van der Waals surface area contributed by atoms with Gasteiger partial charge in [-0.05, 0) is 42.8 Å². The van der Waals surface area contributed by atoms with Crippen molar-refractivity contribution >= 4 is 49.0 Å². The molecule has 4 rings (SSSR count). The quantitative estimate of drug-likeness (QED) is 0.447. The van der Waals surface area contributed by atoms with Crippen LogP contribution in [0.25, 0.3) is 10.2 Å². The standard InChI is InChI=1S/C22H24N4O6S2/c1-11(2)6-8-26-15-7-9-33-19(15)18(27)17(22(26)29)21-24-14-5-4-13(32-12(3)20(23)28)10-16(14)34(30,31)25-21/h4-5,7,9-12,27H,6,8H2,1-3H3,(H2,23,28)(H,24,25)/t12-/m1/s1. The van der Waals surface area contributed by atoms with Crippen LogP contribution in [0.4, 0.5) is 5.69 Å². The molecule has 1 aliphatic heterocycles. The van der Waals surface area contributed by atoms with Crippen molar-refractivity contribution in [1.29, 1.82) is 0 Å². The highest BCUT2D eigenvalue weighted by Gasteiger charge is 2.31. The van der Waals surface area contributed by atoms with Crippen LogP contribution in [0.15, 0.2) is 43.7 Å². The Morgan fingerprint density at radius 2 is 2.03 bits per heavy atom. The number of rotatable bonds is 7. The van der Waals surface area contributed by atoms with Gasteiger partial charge in [0.1, 0.15) is 16.2 Å². The minimum Gasteiger partial charge on any atom is -0.505 e. The van der Waals surface area contributed by atoms with Crippen LogP contribution in [0.3, 0.4) is 0 Å². The van der Waals surface area contributed by atoms with Crippen molar-refractivity contribution in [2.75, 3.05) is 5.32 Å². The summed E-state index contributed by atoms with van der Waals surface area (Å²) in [4.78, 5) is 24.5. The van der Waals surface area contributed by atoms with Gasteiger partial charge in [-0.3, -0.25) is 9.59 Å². The molecule has 12 heteroatoms. The lowest BCUT2D eigenvalue weighted by atomic mass is 10.1. The maximum absolute atomic E-state index is 13.4. The first kappa shape index (κ1) is 23.8. The highest BCUT2D eigenvalue weighted by molar-refractivity contribution is 7.90. The average molecular weight is 505 g/mol. The van der Waals surface area contributed by atoms with Crippen LogP contribution < -0.4 is 21.3 Å². The lowest BCUT2D eigenvalue weighted by molar-refractivity contribution is -0.123. The number of fused-ring (bicyclic) bond motifs is 2. The van der Waals surface area contributed by atoms with E-state index in [1.165, 1.54) is 41.0 Å². The van der Waals surface area contributed by atoms with Gasteiger partial charge in [0.05, 0.1) is 15.9 Å². The van der Waals surface area contributed by atoms with Crippen molar-refractivity contribution in [3.63, 3.8) is 0 Å². The molecule has 10 nitrogen and oxygen atoms in total. The van der Waals surface area contributed by atoms with Crippen LogP contribution in [0.1, 0.15) is 32.8 Å². The van der Waals surface area contributed by atoms with Gasteiger partial charge in [-0.15, -0.1) is 15.7 Å². The van der Waals surface area contributed by atoms with E-state index in [9.17, 15) is 23.1 Å². The molecule has 3 heterocycles. The molecule has 0 saturated heterocycles. The van der Waals surface area contributed by atoms with Gasteiger partial charge < -0.3 is 25.5 Å². The third kappa shape index (κ3) is 4.26. The number of carbonyl (C=O) groups is 1. The number of aryl methyl sites for hydroxylation is 1. The van der Waals surface area contributed by atoms with Gasteiger partial charge in [0.25, 0.3) is 21.5 Å². The van der Waals surface area contributed by atoms with Crippen molar-refractivity contribution in [2.45, 2.75) is 44.7 Å². The molecule has 1 aromatic carbocycles. The maximum Gasteiger partial charge on any atom is 0.286 e. The van der Waals surface area contributed by atoms with Crippen LogP contribution in [0, 0.1) is 5.92 Å². The molecule has 180 valence electrons. The SMILES string of the molecule is CC(C)CCn1c(=O)c(C2=NS(=O)(=O)c3cc(O[C@H](C)C(N)=O)ccc3N2)c(O)c2sccc21. The van der Waals surface area contributed by atoms with Gasteiger partial charge in [-0.1, -0.05) is 13.8 Å².